The molecule has 0 spiro atoms. The van der Waals surface area contributed by atoms with Crippen molar-refractivity contribution >= 4 is 29.1 Å². The van der Waals surface area contributed by atoms with E-state index in [1.54, 1.807) is 12.1 Å². The van der Waals surface area contributed by atoms with E-state index in [1.807, 2.05) is 13.0 Å². The molecule has 116 valence electrons. The summed E-state index contributed by atoms with van der Waals surface area (Å²) < 4.78 is 0. The lowest BCUT2D eigenvalue weighted by molar-refractivity contribution is -0.891. The van der Waals surface area contributed by atoms with Gasteiger partial charge in [0, 0.05) is 10.0 Å². The first-order valence-electron chi connectivity index (χ1n) is 7.64. The SMILES string of the molecule is C[C@@H](NC(=O)C[NH+]1CCCCCC1)c1ccc(Cl)cc1Cl. The highest BCUT2D eigenvalue weighted by Gasteiger charge is 2.19. The average Bonchev–Trinajstić information content (AvgIpc) is 2.66. The number of carbonyl (C=O) groups is 1. The standard InChI is InChI=1S/C16H22Cl2N2O/c1-12(14-7-6-13(17)10-15(14)18)19-16(21)11-20-8-4-2-3-5-9-20/h6-7,10,12H,2-5,8-9,11H2,1H3,(H,19,21)/p+1/t12-/m1/s1. The van der Waals surface area contributed by atoms with Crippen LogP contribution in [-0.2, 0) is 4.79 Å². The van der Waals surface area contributed by atoms with Gasteiger partial charge in [0.1, 0.15) is 0 Å². The first kappa shape index (κ1) is 16.6. The highest BCUT2D eigenvalue weighted by atomic mass is 35.5. The zero-order valence-electron chi connectivity index (χ0n) is 12.4. The van der Waals surface area contributed by atoms with Gasteiger partial charge in [-0.2, -0.15) is 0 Å². The lowest BCUT2D eigenvalue weighted by Gasteiger charge is -2.19. The maximum Gasteiger partial charge on any atom is 0.275 e. The van der Waals surface area contributed by atoms with Crippen LogP contribution in [-0.4, -0.2) is 25.5 Å². The number of halogens is 2. The Kier molecular flexibility index (Phi) is 6.34. The Bertz CT molecular complexity index is 485. The number of amides is 1. The summed E-state index contributed by atoms with van der Waals surface area (Å²) in [6.45, 7) is 4.70. The predicted molar refractivity (Wildman–Crippen MR) is 87.1 cm³/mol. The number of nitrogens with one attached hydrogen (secondary N) is 2. The fourth-order valence-electron chi connectivity index (χ4n) is 2.86. The number of rotatable bonds is 4. The Morgan fingerprint density at radius 2 is 1.90 bits per heavy atom. The molecule has 2 N–H and O–H groups in total. The van der Waals surface area contributed by atoms with Gasteiger partial charge < -0.3 is 10.2 Å². The van der Waals surface area contributed by atoms with Crippen LogP contribution in [0.2, 0.25) is 10.0 Å². The van der Waals surface area contributed by atoms with Crippen molar-refractivity contribution in [1.29, 1.82) is 0 Å². The summed E-state index contributed by atoms with van der Waals surface area (Å²) in [7, 11) is 0. The van der Waals surface area contributed by atoms with Crippen molar-refractivity contribution in [2.45, 2.75) is 38.6 Å². The van der Waals surface area contributed by atoms with Crippen LogP contribution in [0.25, 0.3) is 0 Å². The van der Waals surface area contributed by atoms with E-state index in [-0.39, 0.29) is 11.9 Å². The first-order valence-corrected chi connectivity index (χ1v) is 8.39. The molecule has 0 radical (unpaired) electrons. The fourth-order valence-corrected chi connectivity index (χ4v) is 3.43. The normalized spacial score (nSPS) is 18.0. The van der Waals surface area contributed by atoms with Crippen molar-refractivity contribution in [1.82, 2.24) is 5.32 Å². The van der Waals surface area contributed by atoms with Crippen molar-refractivity contribution in [2.75, 3.05) is 19.6 Å². The van der Waals surface area contributed by atoms with Crippen molar-refractivity contribution in [3.8, 4) is 0 Å². The van der Waals surface area contributed by atoms with Crippen LogP contribution in [0.3, 0.4) is 0 Å². The summed E-state index contributed by atoms with van der Waals surface area (Å²) in [4.78, 5) is 13.6. The lowest BCUT2D eigenvalue weighted by Crippen LogP contribution is -3.13. The minimum atomic E-state index is -0.103. The average molecular weight is 330 g/mol. The van der Waals surface area contributed by atoms with Gasteiger partial charge in [-0.25, -0.2) is 0 Å². The quantitative estimate of drug-likeness (QED) is 0.874. The van der Waals surface area contributed by atoms with Gasteiger partial charge in [-0.05, 0) is 50.3 Å². The molecule has 1 aromatic carbocycles. The maximum atomic E-state index is 12.2. The van der Waals surface area contributed by atoms with Crippen LogP contribution < -0.4 is 10.2 Å². The van der Waals surface area contributed by atoms with E-state index in [1.165, 1.54) is 30.6 Å². The van der Waals surface area contributed by atoms with Crippen molar-refractivity contribution < 1.29 is 9.69 Å². The Balaban J connectivity index is 1.89. The molecule has 5 heteroatoms. The Morgan fingerprint density at radius 3 is 2.52 bits per heavy atom. The molecule has 2 rings (SSSR count). The Morgan fingerprint density at radius 1 is 1.24 bits per heavy atom. The molecule has 1 amide bonds. The van der Waals surface area contributed by atoms with E-state index in [2.05, 4.69) is 5.32 Å². The Hall–Kier alpha value is -0.770. The first-order chi connectivity index (χ1) is 10.1. The van der Waals surface area contributed by atoms with Crippen molar-refractivity contribution in [3.63, 3.8) is 0 Å². The minimum absolute atomic E-state index is 0.0883. The molecular weight excluding hydrogens is 307 g/mol. The molecule has 3 nitrogen and oxygen atoms in total. The van der Waals surface area contributed by atoms with Crippen LogP contribution in [0.5, 0.6) is 0 Å². The number of likely N-dealkylation sites (tertiary alicyclic amines) is 1. The van der Waals surface area contributed by atoms with Gasteiger partial charge in [0.2, 0.25) is 0 Å². The van der Waals surface area contributed by atoms with E-state index < -0.39 is 0 Å². The molecule has 1 aliphatic rings. The van der Waals surface area contributed by atoms with Crippen LogP contribution in [0.1, 0.15) is 44.2 Å². The van der Waals surface area contributed by atoms with Crippen molar-refractivity contribution in [2.24, 2.45) is 0 Å². The van der Waals surface area contributed by atoms with Crippen LogP contribution in [0.15, 0.2) is 18.2 Å². The van der Waals surface area contributed by atoms with E-state index in [9.17, 15) is 4.79 Å². The molecule has 1 fully saturated rings. The highest BCUT2D eigenvalue weighted by Crippen LogP contribution is 2.25. The summed E-state index contributed by atoms with van der Waals surface area (Å²) in [5.74, 6) is 0.0883. The van der Waals surface area contributed by atoms with Crippen LogP contribution in [0, 0.1) is 0 Å². The largest absolute Gasteiger partial charge is 0.345 e. The summed E-state index contributed by atoms with van der Waals surface area (Å²) in [5, 5.41) is 4.24. The molecule has 0 bridgehead atoms. The van der Waals surface area contributed by atoms with E-state index in [4.69, 9.17) is 23.2 Å². The summed E-state index contributed by atoms with van der Waals surface area (Å²) >= 11 is 12.1. The molecule has 1 aromatic rings. The van der Waals surface area contributed by atoms with Crippen molar-refractivity contribution in [3.05, 3.63) is 33.8 Å². The molecular formula is C16H23Cl2N2O+. The summed E-state index contributed by atoms with van der Waals surface area (Å²) in [6.07, 6.45) is 5.03. The van der Waals surface area contributed by atoms with E-state index in [0.29, 0.717) is 16.6 Å². The third kappa shape index (κ3) is 5.17. The monoisotopic (exact) mass is 329 g/mol. The highest BCUT2D eigenvalue weighted by molar-refractivity contribution is 6.35. The van der Waals surface area contributed by atoms with Gasteiger partial charge in [0.15, 0.2) is 6.54 Å². The molecule has 1 aliphatic heterocycles. The molecule has 21 heavy (non-hydrogen) atoms. The molecule has 1 heterocycles. The zero-order chi connectivity index (χ0) is 15.2. The molecule has 0 aromatic heterocycles. The Labute approximate surface area is 136 Å². The summed E-state index contributed by atoms with van der Waals surface area (Å²) in [5.41, 5.74) is 0.903. The van der Waals surface area contributed by atoms with Crippen LogP contribution in [0.4, 0.5) is 0 Å². The third-order valence-corrected chi connectivity index (χ3v) is 4.59. The molecule has 1 saturated heterocycles. The topological polar surface area (TPSA) is 33.5 Å². The van der Waals surface area contributed by atoms with Gasteiger partial charge in [-0.15, -0.1) is 0 Å². The van der Waals surface area contributed by atoms with Gasteiger partial charge in [-0.3, -0.25) is 4.79 Å². The maximum absolute atomic E-state index is 12.2. The minimum Gasteiger partial charge on any atom is -0.345 e. The van der Waals surface area contributed by atoms with Gasteiger partial charge >= 0.3 is 0 Å². The second-order valence-electron chi connectivity index (χ2n) is 5.80. The lowest BCUT2D eigenvalue weighted by atomic mass is 10.1. The van der Waals surface area contributed by atoms with Gasteiger partial charge in [-0.1, -0.05) is 29.3 Å². The number of carbonyl (C=O) groups excluding carboxylic acids is 1. The summed E-state index contributed by atoms with van der Waals surface area (Å²) in [6, 6.07) is 5.27. The van der Waals surface area contributed by atoms with Crippen LogP contribution >= 0.6 is 23.2 Å². The predicted octanol–water partition coefficient (Wildman–Crippen LogP) is 2.63. The number of hydrogen-bond acceptors (Lipinski definition) is 1. The molecule has 0 saturated carbocycles. The molecule has 0 aliphatic carbocycles. The van der Waals surface area contributed by atoms with Gasteiger partial charge in [0.25, 0.3) is 5.91 Å². The van der Waals surface area contributed by atoms with E-state index >= 15 is 0 Å². The second-order valence-corrected chi connectivity index (χ2v) is 6.64. The number of quaternary nitrogens is 1. The van der Waals surface area contributed by atoms with E-state index in [0.717, 1.165) is 18.7 Å². The molecule has 1 atom stereocenters. The second kappa shape index (κ2) is 8.02. The molecule has 0 unspecified atom stereocenters. The third-order valence-electron chi connectivity index (χ3n) is 4.03. The smallest absolute Gasteiger partial charge is 0.275 e. The zero-order valence-corrected chi connectivity index (χ0v) is 13.9. The fraction of sp³-hybridized carbons (Fsp3) is 0.562. The van der Waals surface area contributed by atoms with Gasteiger partial charge in [0.05, 0.1) is 19.1 Å². The number of benzene rings is 1. The number of hydrogen-bond donors (Lipinski definition) is 2.